The van der Waals surface area contributed by atoms with Crippen LogP contribution in [-0.4, -0.2) is 13.0 Å². The molecule has 3 nitrogen and oxygen atoms in total. The first-order valence-corrected chi connectivity index (χ1v) is 4.87. The number of amides is 1. The lowest BCUT2D eigenvalue weighted by molar-refractivity contribution is 0.0996. The summed E-state index contributed by atoms with van der Waals surface area (Å²) in [5.41, 5.74) is 5.07. The average Bonchev–Trinajstić information content (AvgIpc) is 2.24. The van der Waals surface area contributed by atoms with E-state index in [0.29, 0.717) is 12.8 Å². The predicted octanol–water partition coefficient (Wildman–Crippen LogP) is 2.02. The Kier molecular flexibility index (Phi) is 3.82. The molecule has 0 heterocycles. The lowest BCUT2D eigenvalue weighted by atomic mass is 10.0. The van der Waals surface area contributed by atoms with Crippen molar-refractivity contribution in [1.29, 1.82) is 0 Å². The molecule has 1 aromatic rings. The van der Waals surface area contributed by atoms with Gasteiger partial charge in [0.05, 0.1) is 12.7 Å². The summed E-state index contributed by atoms with van der Waals surface area (Å²) in [4.78, 5) is 11.1. The third-order valence-corrected chi connectivity index (χ3v) is 2.23. The third-order valence-electron chi connectivity index (χ3n) is 2.23. The topological polar surface area (TPSA) is 52.3 Å². The van der Waals surface area contributed by atoms with Crippen LogP contribution in [-0.2, 0) is 6.42 Å². The minimum absolute atomic E-state index is 0.134. The van der Waals surface area contributed by atoms with Crippen LogP contribution in [0.15, 0.2) is 6.07 Å². The molecule has 0 saturated heterocycles. The average molecular weight is 229 g/mol. The normalized spacial score (nSPS) is 10.2. The number of primary amides is 1. The number of methoxy groups -OCH3 is 1. The molecule has 16 heavy (non-hydrogen) atoms. The number of rotatable bonds is 4. The summed E-state index contributed by atoms with van der Waals surface area (Å²) in [5, 5.41) is 0. The molecule has 0 fully saturated rings. The summed E-state index contributed by atoms with van der Waals surface area (Å²) in [6, 6.07) is 1.24. The summed E-state index contributed by atoms with van der Waals surface area (Å²) in [5.74, 6) is -3.43. The molecule has 5 heteroatoms. The molecular weight excluding hydrogens is 216 g/mol. The number of hydrogen-bond donors (Lipinski definition) is 1. The van der Waals surface area contributed by atoms with Gasteiger partial charge in [0.2, 0.25) is 5.82 Å². The molecule has 0 spiro atoms. The molecule has 0 radical (unpaired) electrons. The molecule has 2 N–H and O–H groups in total. The smallest absolute Gasteiger partial charge is 0.252 e. The molecule has 0 saturated carbocycles. The molecule has 0 aromatic heterocycles. The first-order chi connectivity index (χ1) is 7.52. The van der Waals surface area contributed by atoms with Crippen molar-refractivity contribution in [1.82, 2.24) is 0 Å². The number of hydrogen-bond acceptors (Lipinski definition) is 2. The molecule has 0 aliphatic heterocycles. The molecule has 88 valence electrons. The van der Waals surface area contributed by atoms with E-state index in [1.807, 2.05) is 6.92 Å². The van der Waals surface area contributed by atoms with Gasteiger partial charge in [-0.25, -0.2) is 4.39 Å². The number of carbonyl (C=O) groups is 1. The summed E-state index contributed by atoms with van der Waals surface area (Å²) in [7, 11) is 1.16. The van der Waals surface area contributed by atoms with Crippen LogP contribution >= 0.6 is 0 Å². The summed E-state index contributed by atoms with van der Waals surface area (Å²) in [6.45, 7) is 1.82. The van der Waals surface area contributed by atoms with Gasteiger partial charge in [0.25, 0.3) is 5.91 Å². The lowest BCUT2D eigenvalue weighted by Crippen LogP contribution is -2.15. The summed E-state index contributed by atoms with van der Waals surface area (Å²) >= 11 is 0. The van der Waals surface area contributed by atoms with Crippen LogP contribution in [0.5, 0.6) is 5.75 Å². The minimum atomic E-state index is -1.16. The molecule has 1 rings (SSSR count). The van der Waals surface area contributed by atoms with Gasteiger partial charge in [-0.1, -0.05) is 13.3 Å². The fourth-order valence-corrected chi connectivity index (χ4v) is 1.50. The van der Waals surface area contributed by atoms with Crippen LogP contribution in [0.4, 0.5) is 8.78 Å². The third kappa shape index (κ3) is 2.13. The van der Waals surface area contributed by atoms with Crippen LogP contribution in [0, 0.1) is 11.6 Å². The second-order valence-corrected chi connectivity index (χ2v) is 3.36. The van der Waals surface area contributed by atoms with Crippen LogP contribution in [0.25, 0.3) is 0 Å². The number of benzene rings is 1. The maximum absolute atomic E-state index is 13.5. The Morgan fingerprint density at radius 3 is 2.50 bits per heavy atom. The van der Waals surface area contributed by atoms with Crippen LogP contribution < -0.4 is 10.5 Å². The largest absolute Gasteiger partial charge is 0.493 e. The van der Waals surface area contributed by atoms with Crippen molar-refractivity contribution >= 4 is 5.91 Å². The highest BCUT2D eigenvalue weighted by Gasteiger charge is 2.21. The highest BCUT2D eigenvalue weighted by molar-refractivity contribution is 5.96. The summed E-state index contributed by atoms with van der Waals surface area (Å²) < 4.78 is 31.6. The molecule has 0 bridgehead atoms. The predicted molar refractivity (Wildman–Crippen MR) is 55.4 cm³/mol. The zero-order valence-corrected chi connectivity index (χ0v) is 9.14. The molecular formula is C11H13F2NO2. The fourth-order valence-electron chi connectivity index (χ4n) is 1.50. The fraction of sp³-hybridized carbons (Fsp3) is 0.364. The van der Waals surface area contributed by atoms with E-state index in [4.69, 9.17) is 5.73 Å². The van der Waals surface area contributed by atoms with Gasteiger partial charge in [-0.2, -0.15) is 4.39 Å². The van der Waals surface area contributed by atoms with Gasteiger partial charge in [-0.05, 0) is 18.1 Å². The van der Waals surface area contributed by atoms with Crippen molar-refractivity contribution in [3.8, 4) is 5.75 Å². The van der Waals surface area contributed by atoms with Crippen LogP contribution in [0.2, 0.25) is 0 Å². The maximum Gasteiger partial charge on any atom is 0.252 e. The van der Waals surface area contributed by atoms with Crippen molar-refractivity contribution in [2.24, 2.45) is 5.73 Å². The van der Waals surface area contributed by atoms with E-state index in [1.54, 1.807) is 0 Å². The van der Waals surface area contributed by atoms with E-state index in [-0.39, 0.29) is 11.1 Å². The van der Waals surface area contributed by atoms with E-state index in [0.717, 1.165) is 7.11 Å². The minimum Gasteiger partial charge on any atom is -0.493 e. The quantitative estimate of drug-likeness (QED) is 0.858. The molecule has 0 atom stereocenters. The van der Waals surface area contributed by atoms with Gasteiger partial charge >= 0.3 is 0 Å². The van der Waals surface area contributed by atoms with Gasteiger partial charge in [-0.15, -0.1) is 0 Å². The van der Waals surface area contributed by atoms with E-state index >= 15 is 0 Å². The Bertz CT molecular complexity index is 419. The van der Waals surface area contributed by atoms with Gasteiger partial charge < -0.3 is 10.5 Å². The van der Waals surface area contributed by atoms with Crippen LogP contribution in [0.3, 0.4) is 0 Å². The lowest BCUT2D eigenvalue weighted by Gasteiger charge is -2.10. The molecule has 1 aromatic carbocycles. The van der Waals surface area contributed by atoms with E-state index in [2.05, 4.69) is 4.74 Å². The zero-order valence-electron chi connectivity index (χ0n) is 9.14. The molecule has 1 amide bonds. The number of aryl methyl sites for hydroxylation is 1. The van der Waals surface area contributed by atoms with E-state index in [9.17, 15) is 13.6 Å². The first-order valence-electron chi connectivity index (χ1n) is 4.87. The van der Waals surface area contributed by atoms with Gasteiger partial charge in [0, 0.05) is 0 Å². The Balaban J connectivity index is 3.43. The first kappa shape index (κ1) is 12.4. The maximum atomic E-state index is 13.5. The highest BCUT2D eigenvalue weighted by Crippen LogP contribution is 2.28. The number of nitrogens with two attached hydrogens (primary N) is 1. The molecule has 0 unspecified atom stereocenters. The van der Waals surface area contributed by atoms with E-state index < -0.39 is 23.3 Å². The second-order valence-electron chi connectivity index (χ2n) is 3.36. The zero-order chi connectivity index (χ0) is 12.3. The highest BCUT2D eigenvalue weighted by atomic mass is 19.2. The monoisotopic (exact) mass is 229 g/mol. The number of carbonyl (C=O) groups excluding carboxylic acids is 1. The Morgan fingerprint density at radius 1 is 1.44 bits per heavy atom. The SMILES string of the molecule is CCCc1cc(C(N)=O)c(OC)c(F)c1F. The standard InChI is InChI=1S/C11H13F2NO2/c1-3-4-6-5-7(11(14)15)10(16-2)9(13)8(6)12/h5H,3-4H2,1-2H3,(H2,14,15). The Morgan fingerprint density at radius 2 is 2.06 bits per heavy atom. The molecule has 0 aliphatic rings. The molecule has 0 aliphatic carbocycles. The van der Waals surface area contributed by atoms with Gasteiger partial charge in [0.1, 0.15) is 0 Å². The Hall–Kier alpha value is -1.65. The van der Waals surface area contributed by atoms with Crippen molar-refractivity contribution < 1.29 is 18.3 Å². The Labute approximate surface area is 92.2 Å². The van der Waals surface area contributed by atoms with Crippen molar-refractivity contribution in [3.05, 3.63) is 28.8 Å². The van der Waals surface area contributed by atoms with Crippen molar-refractivity contribution in [2.45, 2.75) is 19.8 Å². The van der Waals surface area contributed by atoms with Crippen LogP contribution in [0.1, 0.15) is 29.3 Å². The van der Waals surface area contributed by atoms with Gasteiger partial charge in [0.15, 0.2) is 11.6 Å². The summed E-state index contributed by atoms with van der Waals surface area (Å²) in [6.07, 6.45) is 0.980. The van der Waals surface area contributed by atoms with Crippen molar-refractivity contribution in [3.63, 3.8) is 0 Å². The van der Waals surface area contributed by atoms with E-state index in [1.165, 1.54) is 6.07 Å². The number of halogens is 2. The van der Waals surface area contributed by atoms with Crippen molar-refractivity contribution in [2.75, 3.05) is 7.11 Å². The number of ether oxygens (including phenoxy) is 1. The van der Waals surface area contributed by atoms with Gasteiger partial charge in [-0.3, -0.25) is 4.79 Å². The second kappa shape index (κ2) is 4.92.